The molecular formula is C12H11F3O. The van der Waals surface area contributed by atoms with Crippen LogP contribution in [0.3, 0.4) is 0 Å². The lowest BCUT2D eigenvalue weighted by Crippen LogP contribution is -2.11. The summed E-state index contributed by atoms with van der Waals surface area (Å²) in [7, 11) is 0. The van der Waals surface area contributed by atoms with Gasteiger partial charge in [0.15, 0.2) is 0 Å². The summed E-state index contributed by atoms with van der Waals surface area (Å²) in [4.78, 5) is 11.1. The molecule has 1 unspecified atom stereocenters. The van der Waals surface area contributed by atoms with Crippen LogP contribution < -0.4 is 0 Å². The van der Waals surface area contributed by atoms with E-state index in [9.17, 15) is 18.0 Å². The monoisotopic (exact) mass is 228 g/mol. The van der Waals surface area contributed by atoms with Crippen molar-refractivity contribution in [2.45, 2.75) is 31.4 Å². The maximum atomic E-state index is 12.7. The van der Waals surface area contributed by atoms with Crippen LogP contribution >= 0.6 is 0 Å². The largest absolute Gasteiger partial charge is 0.416 e. The van der Waals surface area contributed by atoms with Crippen LogP contribution in [0.5, 0.6) is 0 Å². The van der Waals surface area contributed by atoms with Crippen LogP contribution in [0.25, 0.3) is 0 Å². The first-order valence-electron chi connectivity index (χ1n) is 5.16. The molecule has 0 N–H and O–H groups in total. The topological polar surface area (TPSA) is 17.1 Å². The average molecular weight is 228 g/mol. The van der Waals surface area contributed by atoms with Crippen LogP contribution in [0.4, 0.5) is 13.2 Å². The molecular weight excluding hydrogens is 217 g/mol. The SMILES string of the molecule is O=C1CCC(c2ccccc2C(F)(F)F)C1. The number of Topliss-reactive ketones (excluding diaryl/α,β-unsaturated/α-hetero) is 1. The fourth-order valence-corrected chi connectivity index (χ4v) is 2.19. The summed E-state index contributed by atoms with van der Waals surface area (Å²) < 4.78 is 38.1. The molecule has 2 rings (SSSR count). The van der Waals surface area contributed by atoms with Gasteiger partial charge < -0.3 is 0 Å². The quantitative estimate of drug-likeness (QED) is 0.718. The van der Waals surface area contributed by atoms with Gasteiger partial charge in [0.1, 0.15) is 5.78 Å². The van der Waals surface area contributed by atoms with Gasteiger partial charge in [-0.1, -0.05) is 18.2 Å². The second kappa shape index (κ2) is 3.92. The van der Waals surface area contributed by atoms with Crippen molar-refractivity contribution < 1.29 is 18.0 Å². The first kappa shape index (κ1) is 11.2. The van der Waals surface area contributed by atoms with E-state index >= 15 is 0 Å². The normalized spacial score (nSPS) is 21.4. The number of hydrogen-bond acceptors (Lipinski definition) is 1. The van der Waals surface area contributed by atoms with Crippen molar-refractivity contribution in [3.05, 3.63) is 35.4 Å². The van der Waals surface area contributed by atoms with Crippen LogP contribution in [0.15, 0.2) is 24.3 Å². The fraction of sp³-hybridized carbons (Fsp3) is 0.417. The number of ketones is 1. The summed E-state index contributed by atoms with van der Waals surface area (Å²) in [6, 6.07) is 5.53. The molecule has 0 heterocycles. The van der Waals surface area contributed by atoms with Crippen molar-refractivity contribution in [3.8, 4) is 0 Å². The van der Waals surface area contributed by atoms with Gasteiger partial charge in [0, 0.05) is 12.8 Å². The van der Waals surface area contributed by atoms with Gasteiger partial charge in [-0.2, -0.15) is 13.2 Å². The third-order valence-electron chi connectivity index (χ3n) is 2.95. The van der Waals surface area contributed by atoms with Crippen LogP contribution in [-0.4, -0.2) is 5.78 Å². The Bertz CT molecular complexity index is 409. The Balaban J connectivity index is 2.37. The highest BCUT2D eigenvalue weighted by Gasteiger charge is 2.36. The number of benzene rings is 1. The number of rotatable bonds is 1. The minimum atomic E-state index is -4.33. The molecule has 1 aromatic carbocycles. The molecule has 0 aromatic heterocycles. The molecule has 1 saturated carbocycles. The Morgan fingerprint density at radius 3 is 2.44 bits per heavy atom. The maximum Gasteiger partial charge on any atom is 0.416 e. The summed E-state index contributed by atoms with van der Waals surface area (Å²) in [6.07, 6.45) is -3.15. The lowest BCUT2D eigenvalue weighted by Gasteiger charge is -2.16. The Morgan fingerprint density at radius 1 is 1.19 bits per heavy atom. The van der Waals surface area contributed by atoms with Gasteiger partial charge in [0.2, 0.25) is 0 Å². The lowest BCUT2D eigenvalue weighted by molar-refractivity contribution is -0.138. The number of alkyl halides is 3. The minimum Gasteiger partial charge on any atom is -0.300 e. The maximum absolute atomic E-state index is 12.7. The van der Waals surface area contributed by atoms with Crippen LogP contribution in [-0.2, 0) is 11.0 Å². The molecule has 1 nitrogen and oxygen atoms in total. The summed E-state index contributed by atoms with van der Waals surface area (Å²) in [5.41, 5.74) is -0.337. The van der Waals surface area contributed by atoms with E-state index in [2.05, 4.69) is 0 Å². The van der Waals surface area contributed by atoms with Gasteiger partial charge in [-0.15, -0.1) is 0 Å². The van der Waals surface area contributed by atoms with Crippen molar-refractivity contribution >= 4 is 5.78 Å². The molecule has 1 fully saturated rings. The summed E-state index contributed by atoms with van der Waals surface area (Å²) >= 11 is 0. The molecule has 0 aliphatic heterocycles. The van der Waals surface area contributed by atoms with E-state index in [1.54, 1.807) is 6.07 Å². The van der Waals surface area contributed by atoms with E-state index in [4.69, 9.17) is 0 Å². The summed E-state index contributed by atoms with van der Waals surface area (Å²) in [5, 5.41) is 0. The number of halogens is 3. The van der Waals surface area contributed by atoms with E-state index < -0.39 is 11.7 Å². The first-order valence-corrected chi connectivity index (χ1v) is 5.16. The first-order chi connectivity index (χ1) is 7.48. The Labute approximate surface area is 91.3 Å². The summed E-state index contributed by atoms with van der Waals surface area (Å²) in [5.74, 6) is -0.202. The summed E-state index contributed by atoms with van der Waals surface area (Å²) in [6.45, 7) is 0. The predicted molar refractivity (Wildman–Crippen MR) is 53.0 cm³/mol. The molecule has 4 heteroatoms. The van der Waals surface area contributed by atoms with E-state index in [1.807, 2.05) is 0 Å². The third kappa shape index (κ3) is 2.10. The Hall–Kier alpha value is -1.32. The molecule has 0 bridgehead atoms. The molecule has 86 valence electrons. The molecule has 0 saturated heterocycles. The van der Waals surface area contributed by atoms with Gasteiger partial charge >= 0.3 is 6.18 Å². The molecule has 1 aromatic rings. The van der Waals surface area contributed by atoms with Crippen LogP contribution in [0, 0.1) is 0 Å². The lowest BCUT2D eigenvalue weighted by atomic mass is 9.92. The van der Waals surface area contributed by atoms with E-state index in [0.717, 1.165) is 6.07 Å². The van der Waals surface area contributed by atoms with Crippen LogP contribution in [0.1, 0.15) is 36.3 Å². The second-order valence-electron chi connectivity index (χ2n) is 4.06. The minimum absolute atomic E-state index is 0.0574. The van der Waals surface area contributed by atoms with E-state index in [0.29, 0.717) is 12.8 Å². The van der Waals surface area contributed by atoms with Gasteiger partial charge in [-0.3, -0.25) is 4.79 Å². The van der Waals surface area contributed by atoms with Gasteiger partial charge in [-0.05, 0) is 24.0 Å². The molecule has 1 atom stereocenters. The van der Waals surface area contributed by atoms with Crippen molar-refractivity contribution in [1.82, 2.24) is 0 Å². The molecule has 1 aliphatic rings. The zero-order valence-corrected chi connectivity index (χ0v) is 8.55. The van der Waals surface area contributed by atoms with Crippen molar-refractivity contribution in [3.63, 3.8) is 0 Å². The highest BCUT2D eigenvalue weighted by molar-refractivity contribution is 5.81. The zero-order valence-electron chi connectivity index (χ0n) is 8.55. The van der Waals surface area contributed by atoms with E-state index in [-0.39, 0.29) is 23.7 Å². The average Bonchev–Trinajstić information content (AvgIpc) is 2.64. The highest BCUT2D eigenvalue weighted by atomic mass is 19.4. The predicted octanol–water partition coefficient (Wildman–Crippen LogP) is 3.54. The van der Waals surface area contributed by atoms with Gasteiger partial charge in [0.25, 0.3) is 0 Å². The van der Waals surface area contributed by atoms with Gasteiger partial charge in [0.05, 0.1) is 5.56 Å². The Morgan fingerprint density at radius 2 is 1.88 bits per heavy atom. The highest BCUT2D eigenvalue weighted by Crippen LogP contribution is 2.40. The van der Waals surface area contributed by atoms with E-state index in [1.165, 1.54) is 12.1 Å². The molecule has 0 amide bonds. The molecule has 0 spiro atoms. The third-order valence-corrected chi connectivity index (χ3v) is 2.95. The number of carbonyl (C=O) groups is 1. The second-order valence-corrected chi connectivity index (χ2v) is 4.06. The van der Waals surface area contributed by atoms with Crippen molar-refractivity contribution in [1.29, 1.82) is 0 Å². The standard InChI is InChI=1S/C12H11F3O/c13-12(14,15)11-4-2-1-3-10(11)8-5-6-9(16)7-8/h1-4,8H,5-7H2. The van der Waals surface area contributed by atoms with Gasteiger partial charge in [-0.25, -0.2) is 0 Å². The van der Waals surface area contributed by atoms with Crippen molar-refractivity contribution in [2.24, 2.45) is 0 Å². The molecule has 16 heavy (non-hydrogen) atoms. The fourth-order valence-electron chi connectivity index (χ4n) is 2.19. The van der Waals surface area contributed by atoms with Crippen molar-refractivity contribution in [2.75, 3.05) is 0 Å². The Kier molecular flexibility index (Phi) is 2.74. The number of carbonyl (C=O) groups excluding carboxylic acids is 1. The molecule has 1 aliphatic carbocycles. The zero-order chi connectivity index (χ0) is 11.8. The van der Waals surface area contributed by atoms with Crippen LogP contribution in [0.2, 0.25) is 0 Å². The number of hydrogen-bond donors (Lipinski definition) is 0. The molecule has 0 radical (unpaired) electrons. The smallest absolute Gasteiger partial charge is 0.300 e.